The fraction of sp³-hybridized carbons (Fsp3) is 0.818. The first kappa shape index (κ1) is 9.69. The standard InChI is InChI=1S/C11H16O3/c1-7(12)6-9-8-4-2-3-5-10(8)14-11(9)13/h8-10H,2-6H2,1H3/t8-,9-,10-/m0/s1. The molecule has 0 spiro atoms. The van der Waals surface area contributed by atoms with Gasteiger partial charge < -0.3 is 9.53 Å². The number of ketones is 1. The van der Waals surface area contributed by atoms with Crippen molar-refractivity contribution in [1.82, 2.24) is 0 Å². The number of ether oxygens (including phenoxy) is 1. The van der Waals surface area contributed by atoms with Crippen LogP contribution in [0.5, 0.6) is 0 Å². The Morgan fingerprint density at radius 1 is 1.43 bits per heavy atom. The summed E-state index contributed by atoms with van der Waals surface area (Å²) >= 11 is 0. The van der Waals surface area contributed by atoms with Crippen LogP contribution in [0.25, 0.3) is 0 Å². The summed E-state index contributed by atoms with van der Waals surface area (Å²) in [6, 6.07) is 0. The van der Waals surface area contributed by atoms with Crippen LogP contribution in [0.4, 0.5) is 0 Å². The lowest BCUT2D eigenvalue weighted by molar-refractivity contribution is -0.145. The topological polar surface area (TPSA) is 43.4 Å². The van der Waals surface area contributed by atoms with Crippen LogP contribution in [-0.4, -0.2) is 17.9 Å². The second kappa shape index (κ2) is 3.71. The quantitative estimate of drug-likeness (QED) is 0.631. The summed E-state index contributed by atoms with van der Waals surface area (Å²) in [7, 11) is 0. The highest BCUT2D eigenvalue weighted by molar-refractivity contribution is 5.84. The van der Waals surface area contributed by atoms with Crippen LogP contribution in [0.1, 0.15) is 39.0 Å². The van der Waals surface area contributed by atoms with Gasteiger partial charge in [-0.15, -0.1) is 0 Å². The molecule has 0 amide bonds. The molecule has 14 heavy (non-hydrogen) atoms. The van der Waals surface area contributed by atoms with E-state index in [1.54, 1.807) is 6.92 Å². The summed E-state index contributed by atoms with van der Waals surface area (Å²) in [5.41, 5.74) is 0. The second-order valence-corrected chi connectivity index (χ2v) is 4.44. The Balaban J connectivity index is 2.07. The number of carbonyl (C=O) groups excluding carboxylic acids is 2. The Morgan fingerprint density at radius 2 is 2.14 bits per heavy atom. The molecule has 1 aliphatic heterocycles. The average Bonchev–Trinajstić information content (AvgIpc) is 2.43. The van der Waals surface area contributed by atoms with Gasteiger partial charge in [0, 0.05) is 12.3 Å². The molecule has 0 aromatic heterocycles. The Morgan fingerprint density at radius 3 is 2.86 bits per heavy atom. The molecule has 0 aromatic carbocycles. The fourth-order valence-corrected chi connectivity index (χ4v) is 2.69. The van der Waals surface area contributed by atoms with Crippen LogP contribution in [0.2, 0.25) is 0 Å². The van der Waals surface area contributed by atoms with Crippen molar-refractivity contribution in [1.29, 1.82) is 0 Å². The van der Waals surface area contributed by atoms with Crippen LogP contribution in [0.3, 0.4) is 0 Å². The van der Waals surface area contributed by atoms with E-state index in [0.29, 0.717) is 12.3 Å². The van der Waals surface area contributed by atoms with E-state index in [4.69, 9.17) is 4.74 Å². The van der Waals surface area contributed by atoms with Gasteiger partial charge in [-0.1, -0.05) is 6.42 Å². The summed E-state index contributed by atoms with van der Waals surface area (Å²) < 4.78 is 5.29. The minimum atomic E-state index is -0.142. The van der Waals surface area contributed by atoms with Gasteiger partial charge >= 0.3 is 5.97 Å². The van der Waals surface area contributed by atoms with E-state index in [1.807, 2.05) is 0 Å². The van der Waals surface area contributed by atoms with Crippen LogP contribution >= 0.6 is 0 Å². The fourth-order valence-electron chi connectivity index (χ4n) is 2.69. The Labute approximate surface area is 83.8 Å². The van der Waals surface area contributed by atoms with E-state index < -0.39 is 0 Å². The van der Waals surface area contributed by atoms with Crippen molar-refractivity contribution in [3.8, 4) is 0 Å². The van der Waals surface area contributed by atoms with Crippen molar-refractivity contribution in [3.63, 3.8) is 0 Å². The molecule has 0 aromatic rings. The first-order valence-electron chi connectivity index (χ1n) is 5.38. The smallest absolute Gasteiger partial charge is 0.310 e. The zero-order valence-electron chi connectivity index (χ0n) is 8.49. The molecule has 3 nitrogen and oxygen atoms in total. The monoisotopic (exact) mass is 196 g/mol. The molecular formula is C11H16O3. The van der Waals surface area contributed by atoms with Crippen LogP contribution in [0.15, 0.2) is 0 Å². The van der Waals surface area contributed by atoms with Gasteiger partial charge in [0.15, 0.2) is 0 Å². The third-order valence-electron chi connectivity index (χ3n) is 3.35. The Hall–Kier alpha value is -0.860. The SMILES string of the molecule is CC(=O)C[C@@H]1C(=O)O[C@H]2CCCC[C@H]21. The first-order chi connectivity index (χ1) is 6.68. The van der Waals surface area contributed by atoms with Gasteiger partial charge in [0.05, 0.1) is 5.92 Å². The van der Waals surface area contributed by atoms with Crippen molar-refractivity contribution < 1.29 is 14.3 Å². The minimum absolute atomic E-state index is 0.0955. The zero-order chi connectivity index (χ0) is 10.1. The number of Topliss-reactive ketones (excluding diaryl/α,β-unsaturated/α-hetero) is 1. The first-order valence-corrected chi connectivity index (χ1v) is 5.38. The Kier molecular flexibility index (Phi) is 2.57. The maximum atomic E-state index is 11.5. The lowest BCUT2D eigenvalue weighted by Crippen LogP contribution is -2.25. The van der Waals surface area contributed by atoms with Crippen LogP contribution in [-0.2, 0) is 14.3 Å². The van der Waals surface area contributed by atoms with Gasteiger partial charge in [-0.2, -0.15) is 0 Å². The maximum Gasteiger partial charge on any atom is 0.310 e. The summed E-state index contributed by atoms with van der Waals surface area (Å²) in [4.78, 5) is 22.5. The highest BCUT2D eigenvalue weighted by Crippen LogP contribution is 2.40. The van der Waals surface area contributed by atoms with Gasteiger partial charge in [-0.3, -0.25) is 4.79 Å². The normalized spacial score (nSPS) is 36.4. The number of esters is 1. The number of fused-ring (bicyclic) bond motifs is 1. The predicted octanol–water partition coefficient (Wildman–Crippen LogP) is 1.70. The average molecular weight is 196 g/mol. The molecule has 1 saturated heterocycles. The molecule has 1 saturated carbocycles. The van der Waals surface area contributed by atoms with E-state index in [2.05, 4.69) is 0 Å². The van der Waals surface area contributed by atoms with Crippen molar-refractivity contribution in [2.45, 2.75) is 45.1 Å². The summed E-state index contributed by atoms with van der Waals surface area (Å²) in [5, 5.41) is 0. The molecule has 0 N–H and O–H groups in total. The van der Waals surface area contributed by atoms with Crippen molar-refractivity contribution >= 4 is 11.8 Å². The summed E-state index contributed by atoms with van der Waals surface area (Å²) in [6.45, 7) is 1.55. The molecule has 2 aliphatic rings. The summed E-state index contributed by atoms with van der Waals surface area (Å²) in [5.74, 6) is 0.133. The zero-order valence-corrected chi connectivity index (χ0v) is 8.49. The van der Waals surface area contributed by atoms with Crippen LogP contribution < -0.4 is 0 Å². The van der Waals surface area contributed by atoms with Gasteiger partial charge in [0.1, 0.15) is 11.9 Å². The third kappa shape index (κ3) is 1.68. The van der Waals surface area contributed by atoms with E-state index in [1.165, 1.54) is 6.42 Å². The molecule has 3 atom stereocenters. The molecule has 0 bridgehead atoms. The van der Waals surface area contributed by atoms with Crippen molar-refractivity contribution in [3.05, 3.63) is 0 Å². The molecular weight excluding hydrogens is 180 g/mol. The van der Waals surface area contributed by atoms with Gasteiger partial charge in [-0.25, -0.2) is 0 Å². The molecule has 1 aliphatic carbocycles. The number of rotatable bonds is 2. The highest BCUT2D eigenvalue weighted by Gasteiger charge is 2.45. The number of carbonyl (C=O) groups is 2. The third-order valence-corrected chi connectivity index (χ3v) is 3.35. The molecule has 78 valence electrons. The van der Waals surface area contributed by atoms with E-state index in [-0.39, 0.29) is 23.8 Å². The summed E-state index contributed by atoms with van der Waals surface area (Å²) in [6.07, 6.45) is 4.85. The Bertz CT molecular complexity index is 259. The maximum absolute atomic E-state index is 11.5. The van der Waals surface area contributed by atoms with E-state index >= 15 is 0 Å². The molecule has 1 heterocycles. The van der Waals surface area contributed by atoms with E-state index in [0.717, 1.165) is 19.3 Å². The molecule has 0 unspecified atom stereocenters. The number of hydrogen-bond donors (Lipinski definition) is 0. The highest BCUT2D eigenvalue weighted by atomic mass is 16.6. The van der Waals surface area contributed by atoms with Crippen molar-refractivity contribution in [2.75, 3.05) is 0 Å². The van der Waals surface area contributed by atoms with Gasteiger partial charge in [-0.05, 0) is 26.2 Å². The van der Waals surface area contributed by atoms with Gasteiger partial charge in [0.2, 0.25) is 0 Å². The van der Waals surface area contributed by atoms with Crippen LogP contribution in [0, 0.1) is 11.8 Å². The lowest BCUT2D eigenvalue weighted by Gasteiger charge is -2.24. The molecule has 2 rings (SSSR count). The minimum Gasteiger partial charge on any atom is -0.462 e. The predicted molar refractivity (Wildman–Crippen MR) is 50.6 cm³/mol. The van der Waals surface area contributed by atoms with E-state index in [9.17, 15) is 9.59 Å². The lowest BCUT2D eigenvalue weighted by atomic mass is 9.78. The largest absolute Gasteiger partial charge is 0.462 e. The van der Waals surface area contributed by atoms with Crippen molar-refractivity contribution in [2.24, 2.45) is 11.8 Å². The van der Waals surface area contributed by atoms with Gasteiger partial charge in [0.25, 0.3) is 0 Å². The molecule has 2 fully saturated rings. The molecule has 3 heteroatoms. The number of hydrogen-bond acceptors (Lipinski definition) is 3. The second-order valence-electron chi connectivity index (χ2n) is 4.44. The molecule has 0 radical (unpaired) electrons.